The van der Waals surface area contributed by atoms with E-state index in [1.54, 1.807) is 6.20 Å². The molecule has 0 radical (unpaired) electrons. The Balaban J connectivity index is 1.39. The number of benzene rings is 2. The minimum atomic E-state index is -0.0313. The standard InChI is InChI=1S/C25H22ClN3O/c26-20-9-7-18(8-10-20)15-29-16-22(21-5-1-2-6-23(21)29)24(30)28-17-25(11-12-25)19-4-3-13-27-14-19/h1-10,13-14,16H,11-12,15,17H2,(H,28,30). The summed E-state index contributed by atoms with van der Waals surface area (Å²) in [7, 11) is 0. The first-order chi connectivity index (χ1) is 14.6. The molecule has 150 valence electrons. The Morgan fingerprint density at radius 3 is 2.60 bits per heavy atom. The zero-order chi connectivity index (χ0) is 20.6. The Bertz CT molecular complexity index is 1190. The van der Waals surface area contributed by atoms with Gasteiger partial charge in [0.2, 0.25) is 0 Å². The number of hydrogen-bond donors (Lipinski definition) is 1. The van der Waals surface area contributed by atoms with Gasteiger partial charge in [0.05, 0.1) is 5.56 Å². The molecule has 0 aliphatic heterocycles. The Kier molecular flexibility index (Phi) is 4.80. The fourth-order valence-electron chi connectivity index (χ4n) is 4.08. The molecular weight excluding hydrogens is 394 g/mol. The van der Waals surface area contributed by atoms with E-state index in [9.17, 15) is 4.79 Å². The summed E-state index contributed by atoms with van der Waals surface area (Å²) in [6, 6.07) is 19.9. The average molecular weight is 416 g/mol. The van der Waals surface area contributed by atoms with Crippen LogP contribution in [-0.2, 0) is 12.0 Å². The maximum absolute atomic E-state index is 13.1. The van der Waals surface area contributed by atoms with Crippen molar-refractivity contribution in [3.63, 3.8) is 0 Å². The van der Waals surface area contributed by atoms with Gasteiger partial charge in [-0.2, -0.15) is 0 Å². The van der Waals surface area contributed by atoms with Crippen molar-refractivity contribution in [2.24, 2.45) is 0 Å². The Morgan fingerprint density at radius 2 is 1.87 bits per heavy atom. The van der Waals surface area contributed by atoms with Gasteiger partial charge in [0.1, 0.15) is 0 Å². The number of fused-ring (bicyclic) bond motifs is 1. The van der Waals surface area contributed by atoms with Gasteiger partial charge in [0.25, 0.3) is 5.91 Å². The van der Waals surface area contributed by atoms with E-state index in [0.717, 1.165) is 34.3 Å². The van der Waals surface area contributed by atoms with Gasteiger partial charge < -0.3 is 9.88 Å². The molecule has 1 fully saturated rings. The van der Waals surface area contributed by atoms with Crippen LogP contribution in [0, 0.1) is 0 Å². The monoisotopic (exact) mass is 415 g/mol. The van der Waals surface area contributed by atoms with Crippen LogP contribution in [0.15, 0.2) is 79.3 Å². The predicted octanol–water partition coefficient (Wildman–Crippen LogP) is 5.20. The van der Waals surface area contributed by atoms with Gasteiger partial charge in [-0.05, 0) is 48.2 Å². The highest BCUT2D eigenvalue weighted by Crippen LogP contribution is 2.47. The highest BCUT2D eigenvalue weighted by atomic mass is 35.5. The molecule has 5 heteroatoms. The van der Waals surface area contributed by atoms with E-state index >= 15 is 0 Å². The number of hydrogen-bond acceptors (Lipinski definition) is 2. The second-order valence-corrected chi connectivity index (χ2v) is 8.46. The molecule has 30 heavy (non-hydrogen) atoms. The molecule has 1 aliphatic rings. The van der Waals surface area contributed by atoms with E-state index in [2.05, 4.69) is 27.0 Å². The van der Waals surface area contributed by atoms with E-state index < -0.39 is 0 Å². The summed E-state index contributed by atoms with van der Waals surface area (Å²) in [4.78, 5) is 17.4. The molecule has 0 spiro atoms. The van der Waals surface area contributed by atoms with Crippen LogP contribution in [0.2, 0.25) is 5.02 Å². The third kappa shape index (κ3) is 3.59. The zero-order valence-corrected chi connectivity index (χ0v) is 17.3. The van der Waals surface area contributed by atoms with Gasteiger partial charge in [-0.15, -0.1) is 0 Å². The molecule has 1 amide bonds. The number of nitrogens with zero attached hydrogens (tertiary/aromatic N) is 2. The van der Waals surface area contributed by atoms with Crippen LogP contribution in [0.4, 0.5) is 0 Å². The van der Waals surface area contributed by atoms with Crippen LogP contribution in [-0.4, -0.2) is 22.0 Å². The lowest BCUT2D eigenvalue weighted by molar-refractivity contribution is 0.0951. The normalized spacial score (nSPS) is 14.6. The second-order valence-electron chi connectivity index (χ2n) is 8.02. The maximum Gasteiger partial charge on any atom is 0.253 e. The van der Waals surface area contributed by atoms with Crippen LogP contribution < -0.4 is 5.32 Å². The molecule has 2 aromatic heterocycles. The van der Waals surface area contributed by atoms with Crippen molar-refractivity contribution in [2.45, 2.75) is 24.8 Å². The first-order valence-electron chi connectivity index (χ1n) is 10.2. The molecule has 1 N–H and O–H groups in total. The third-order valence-electron chi connectivity index (χ3n) is 6.01. The Labute approximate surface area is 180 Å². The number of amides is 1. The maximum atomic E-state index is 13.1. The third-order valence-corrected chi connectivity index (χ3v) is 6.27. The van der Waals surface area contributed by atoms with Crippen LogP contribution in [0.3, 0.4) is 0 Å². The van der Waals surface area contributed by atoms with Gasteiger partial charge in [-0.25, -0.2) is 0 Å². The Morgan fingerprint density at radius 1 is 1.07 bits per heavy atom. The number of aromatic nitrogens is 2. The van der Waals surface area contributed by atoms with Gasteiger partial charge in [0.15, 0.2) is 0 Å². The smallest absolute Gasteiger partial charge is 0.253 e. The summed E-state index contributed by atoms with van der Waals surface area (Å²) < 4.78 is 2.13. The van der Waals surface area contributed by atoms with Crippen molar-refractivity contribution >= 4 is 28.4 Å². The predicted molar refractivity (Wildman–Crippen MR) is 120 cm³/mol. The van der Waals surface area contributed by atoms with E-state index in [-0.39, 0.29) is 11.3 Å². The average Bonchev–Trinajstić information content (AvgIpc) is 3.50. The van der Waals surface area contributed by atoms with Crippen LogP contribution in [0.1, 0.15) is 34.3 Å². The SMILES string of the molecule is O=C(NCC1(c2cccnc2)CC1)c1cn(Cc2ccc(Cl)cc2)c2ccccc12. The van der Waals surface area contributed by atoms with E-state index in [1.165, 1.54) is 5.56 Å². The zero-order valence-electron chi connectivity index (χ0n) is 16.5. The quantitative estimate of drug-likeness (QED) is 0.470. The first-order valence-corrected chi connectivity index (χ1v) is 10.5. The van der Waals surface area contributed by atoms with Gasteiger partial charge in [-0.3, -0.25) is 9.78 Å². The highest BCUT2D eigenvalue weighted by Gasteiger charge is 2.44. The fourth-order valence-corrected chi connectivity index (χ4v) is 4.21. The van der Waals surface area contributed by atoms with E-state index in [4.69, 9.17) is 11.6 Å². The minimum absolute atomic E-state index is 0.0313. The topological polar surface area (TPSA) is 46.9 Å². The summed E-state index contributed by atoms with van der Waals surface area (Å²) in [6.45, 7) is 1.32. The number of carbonyl (C=O) groups is 1. The lowest BCUT2D eigenvalue weighted by Crippen LogP contribution is -2.32. The fraction of sp³-hybridized carbons (Fsp3) is 0.200. The van der Waals surface area contributed by atoms with Crippen molar-refractivity contribution in [1.29, 1.82) is 0 Å². The molecule has 5 rings (SSSR count). The lowest BCUT2D eigenvalue weighted by atomic mass is 9.97. The van der Waals surface area contributed by atoms with Crippen molar-refractivity contribution in [3.05, 3.63) is 101 Å². The number of para-hydroxylation sites is 1. The van der Waals surface area contributed by atoms with Crippen molar-refractivity contribution in [1.82, 2.24) is 14.9 Å². The summed E-state index contributed by atoms with van der Waals surface area (Å²) in [6.07, 6.45) is 7.82. The molecule has 0 saturated heterocycles. The number of carbonyl (C=O) groups excluding carboxylic acids is 1. The second kappa shape index (κ2) is 7.62. The van der Waals surface area contributed by atoms with Gasteiger partial charge in [0, 0.05) is 53.0 Å². The number of rotatable bonds is 6. The molecule has 0 atom stereocenters. The van der Waals surface area contributed by atoms with Gasteiger partial charge in [-0.1, -0.05) is 48.0 Å². The summed E-state index contributed by atoms with van der Waals surface area (Å²) in [5.74, 6) is -0.0313. The summed E-state index contributed by atoms with van der Waals surface area (Å²) >= 11 is 6.01. The molecule has 4 nitrogen and oxygen atoms in total. The molecule has 2 heterocycles. The summed E-state index contributed by atoms with van der Waals surface area (Å²) in [5, 5.41) is 4.87. The first kappa shape index (κ1) is 18.9. The molecule has 4 aromatic rings. The highest BCUT2D eigenvalue weighted by molar-refractivity contribution is 6.30. The molecule has 0 unspecified atom stereocenters. The van der Waals surface area contributed by atoms with Gasteiger partial charge >= 0.3 is 0 Å². The van der Waals surface area contributed by atoms with Crippen LogP contribution in [0.25, 0.3) is 10.9 Å². The van der Waals surface area contributed by atoms with Crippen LogP contribution in [0.5, 0.6) is 0 Å². The minimum Gasteiger partial charge on any atom is -0.351 e. The molecule has 1 aliphatic carbocycles. The number of halogens is 1. The lowest BCUT2D eigenvalue weighted by Gasteiger charge is -2.16. The molecule has 1 saturated carbocycles. The van der Waals surface area contributed by atoms with Crippen molar-refractivity contribution in [2.75, 3.05) is 6.54 Å². The van der Waals surface area contributed by atoms with Crippen molar-refractivity contribution in [3.8, 4) is 0 Å². The van der Waals surface area contributed by atoms with Crippen LogP contribution >= 0.6 is 11.6 Å². The van der Waals surface area contributed by atoms with E-state index in [0.29, 0.717) is 18.7 Å². The molecule has 0 bridgehead atoms. The number of pyridine rings is 1. The van der Waals surface area contributed by atoms with E-state index in [1.807, 2.05) is 60.9 Å². The molecule has 2 aromatic carbocycles. The summed E-state index contributed by atoms with van der Waals surface area (Å²) in [5.41, 5.74) is 4.13. The molecular formula is C25H22ClN3O. The number of nitrogens with one attached hydrogen (secondary N) is 1. The Hall–Kier alpha value is -3.11. The largest absolute Gasteiger partial charge is 0.351 e. The van der Waals surface area contributed by atoms with Crippen molar-refractivity contribution < 1.29 is 4.79 Å².